The fourth-order valence-corrected chi connectivity index (χ4v) is 3.31. The molecule has 0 radical (unpaired) electrons. The molecule has 0 aromatic heterocycles. The molecule has 2 fully saturated rings. The van der Waals surface area contributed by atoms with Crippen molar-refractivity contribution in [3.63, 3.8) is 0 Å². The predicted octanol–water partition coefficient (Wildman–Crippen LogP) is 3.35. The van der Waals surface area contributed by atoms with Crippen LogP contribution in [0, 0.1) is 0 Å². The van der Waals surface area contributed by atoms with E-state index in [0.717, 1.165) is 24.2 Å². The first kappa shape index (κ1) is 13.7. The van der Waals surface area contributed by atoms with Gasteiger partial charge in [0.15, 0.2) is 0 Å². The first-order valence-corrected chi connectivity index (χ1v) is 7.82. The highest BCUT2D eigenvalue weighted by atomic mass is 35.5. The van der Waals surface area contributed by atoms with Gasteiger partial charge in [-0.1, -0.05) is 12.1 Å². The van der Waals surface area contributed by atoms with Crippen molar-refractivity contribution in [1.29, 1.82) is 0 Å². The lowest BCUT2D eigenvalue weighted by Crippen LogP contribution is -2.24. The summed E-state index contributed by atoms with van der Waals surface area (Å²) in [7, 11) is 0. The van der Waals surface area contributed by atoms with Crippen LogP contribution in [-0.4, -0.2) is 28.8 Å². The summed E-state index contributed by atoms with van der Waals surface area (Å²) in [4.78, 5) is 13.6. The van der Waals surface area contributed by atoms with E-state index in [1.165, 1.54) is 12.8 Å². The van der Waals surface area contributed by atoms with Gasteiger partial charge in [-0.3, -0.25) is 4.79 Å². The first-order valence-electron chi connectivity index (χ1n) is 7.38. The summed E-state index contributed by atoms with van der Waals surface area (Å²) in [6.07, 6.45) is 5.67. The second kappa shape index (κ2) is 6.04. The highest BCUT2D eigenvalue weighted by Crippen LogP contribution is 2.25. The topological polar surface area (TPSA) is 29.5 Å². The normalized spacial score (nSPS) is 23.6. The smallest absolute Gasteiger partial charge is 0.224 e. The van der Waals surface area contributed by atoms with E-state index in [-0.39, 0.29) is 11.3 Å². The third-order valence-electron chi connectivity index (χ3n) is 4.04. The van der Waals surface area contributed by atoms with Crippen LogP contribution >= 0.6 is 11.6 Å². The van der Waals surface area contributed by atoms with E-state index in [4.69, 9.17) is 16.3 Å². The molecule has 1 aromatic rings. The molecule has 108 valence electrons. The van der Waals surface area contributed by atoms with E-state index >= 15 is 0 Å². The summed E-state index contributed by atoms with van der Waals surface area (Å²) in [5, 5.41) is -0.0413. The van der Waals surface area contributed by atoms with Crippen LogP contribution in [0.15, 0.2) is 24.3 Å². The zero-order chi connectivity index (χ0) is 13.9. The lowest BCUT2D eigenvalue weighted by molar-refractivity contribution is -0.128. The molecule has 3 rings (SSSR count). The molecule has 3 nitrogen and oxygen atoms in total. The number of carbonyl (C=O) groups is 1. The summed E-state index contributed by atoms with van der Waals surface area (Å²) in [6, 6.07) is 8.08. The summed E-state index contributed by atoms with van der Waals surface area (Å²) >= 11 is 6.03. The Morgan fingerprint density at radius 2 is 2.10 bits per heavy atom. The van der Waals surface area contributed by atoms with Crippen molar-refractivity contribution < 1.29 is 9.53 Å². The van der Waals surface area contributed by atoms with Crippen LogP contribution in [0.25, 0.3) is 0 Å². The quantitative estimate of drug-likeness (QED) is 0.797. The van der Waals surface area contributed by atoms with Crippen LogP contribution in [0.2, 0.25) is 0 Å². The van der Waals surface area contributed by atoms with Gasteiger partial charge in [0, 0.05) is 19.5 Å². The predicted molar refractivity (Wildman–Crippen MR) is 79.0 cm³/mol. The Morgan fingerprint density at radius 3 is 2.80 bits per heavy atom. The zero-order valence-corrected chi connectivity index (χ0v) is 12.3. The largest absolute Gasteiger partial charge is 0.490 e. The maximum absolute atomic E-state index is 11.8. The standard InChI is InChI=1S/C16H20ClNO2/c17-13-9-16(19)18(11-13)10-12-4-3-7-15(8-12)20-14-5-1-2-6-14/h3-4,7-8,13-14H,1-2,5-6,9-11H2. The molecule has 1 amide bonds. The van der Waals surface area contributed by atoms with Crippen LogP contribution in [0.3, 0.4) is 0 Å². The molecular weight excluding hydrogens is 274 g/mol. The first-order chi connectivity index (χ1) is 9.70. The van der Waals surface area contributed by atoms with Gasteiger partial charge in [0.25, 0.3) is 0 Å². The third kappa shape index (κ3) is 3.26. The number of halogens is 1. The van der Waals surface area contributed by atoms with Crippen LogP contribution < -0.4 is 4.74 Å². The third-order valence-corrected chi connectivity index (χ3v) is 4.34. The number of nitrogens with zero attached hydrogens (tertiary/aromatic N) is 1. The minimum absolute atomic E-state index is 0.0413. The van der Waals surface area contributed by atoms with Gasteiger partial charge >= 0.3 is 0 Å². The molecular formula is C16H20ClNO2. The number of amides is 1. The molecule has 2 aliphatic rings. The molecule has 20 heavy (non-hydrogen) atoms. The van der Waals surface area contributed by atoms with Crippen molar-refractivity contribution in [2.45, 2.75) is 50.1 Å². The maximum atomic E-state index is 11.8. The Kier molecular flexibility index (Phi) is 4.16. The van der Waals surface area contributed by atoms with E-state index in [0.29, 0.717) is 25.6 Å². The van der Waals surface area contributed by atoms with Gasteiger partial charge in [-0.25, -0.2) is 0 Å². The molecule has 1 atom stereocenters. The number of ether oxygens (including phenoxy) is 1. The second-order valence-electron chi connectivity index (χ2n) is 5.75. The SMILES string of the molecule is O=C1CC(Cl)CN1Cc1cccc(OC2CCCC2)c1. The van der Waals surface area contributed by atoms with E-state index in [9.17, 15) is 4.79 Å². The molecule has 1 aliphatic carbocycles. The maximum Gasteiger partial charge on any atom is 0.224 e. The van der Waals surface area contributed by atoms with Gasteiger partial charge in [-0.2, -0.15) is 0 Å². The van der Waals surface area contributed by atoms with Gasteiger partial charge < -0.3 is 9.64 Å². The molecule has 1 unspecified atom stereocenters. The molecule has 0 bridgehead atoms. The van der Waals surface area contributed by atoms with Crippen LogP contribution in [0.1, 0.15) is 37.7 Å². The number of rotatable bonds is 4. The lowest BCUT2D eigenvalue weighted by Gasteiger charge is -2.17. The van der Waals surface area contributed by atoms with Crippen molar-refractivity contribution in [2.75, 3.05) is 6.54 Å². The minimum atomic E-state index is -0.0413. The van der Waals surface area contributed by atoms with Gasteiger partial charge in [0.05, 0.1) is 11.5 Å². The number of benzene rings is 1. The van der Waals surface area contributed by atoms with Crippen molar-refractivity contribution in [3.05, 3.63) is 29.8 Å². The van der Waals surface area contributed by atoms with E-state index in [1.807, 2.05) is 29.2 Å². The summed E-state index contributed by atoms with van der Waals surface area (Å²) < 4.78 is 6.00. The Labute approximate surface area is 124 Å². The van der Waals surface area contributed by atoms with E-state index in [1.54, 1.807) is 0 Å². The highest BCUT2D eigenvalue weighted by molar-refractivity contribution is 6.22. The fourth-order valence-electron chi connectivity index (χ4n) is 3.01. The monoisotopic (exact) mass is 293 g/mol. The lowest BCUT2D eigenvalue weighted by atomic mass is 10.2. The van der Waals surface area contributed by atoms with E-state index in [2.05, 4.69) is 0 Å². The molecule has 0 N–H and O–H groups in total. The molecule has 0 spiro atoms. The zero-order valence-electron chi connectivity index (χ0n) is 11.6. The van der Waals surface area contributed by atoms with Crippen LogP contribution in [0.5, 0.6) is 5.75 Å². The summed E-state index contributed by atoms with van der Waals surface area (Å²) in [5.74, 6) is 1.07. The molecule has 1 saturated heterocycles. The minimum Gasteiger partial charge on any atom is -0.490 e. The number of likely N-dealkylation sites (tertiary alicyclic amines) is 1. The molecule has 1 aliphatic heterocycles. The summed E-state index contributed by atoms with van der Waals surface area (Å²) in [5.41, 5.74) is 1.11. The Bertz CT molecular complexity index is 485. The van der Waals surface area contributed by atoms with Gasteiger partial charge in [-0.15, -0.1) is 11.6 Å². The van der Waals surface area contributed by atoms with Crippen molar-refractivity contribution in [2.24, 2.45) is 0 Å². The molecule has 1 saturated carbocycles. The van der Waals surface area contributed by atoms with Crippen LogP contribution in [-0.2, 0) is 11.3 Å². The Morgan fingerprint density at radius 1 is 1.30 bits per heavy atom. The number of carbonyl (C=O) groups excluding carboxylic acids is 1. The second-order valence-corrected chi connectivity index (χ2v) is 6.36. The average Bonchev–Trinajstić information content (AvgIpc) is 3.01. The number of hydrogen-bond donors (Lipinski definition) is 0. The summed E-state index contributed by atoms with van der Waals surface area (Å²) in [6.45, 7) is 1.28. The average molecular weight is 294 g/mol. The van der Waals surface area contributed by atoms with Crippen LogP contribution in [0.4, 0.5) is 0 Å². The van der Waals surface area contributed by atoms with Gasteiger partial charge in [0.1, 0.15) is 5.75 Å². The number of hydrogen-bond acceptors (Lipinski definition) is 2. The van der Waals surface area contributed by atoms with Crippen molar-refractivity contribution in [1.82, 2.24) is 4.90 Å². The van der Waals surface area contributed by atoms with Crippen molar-refractivity contribution >= 4 is 17.5 Å². The van der Waals surface area contributed by atoms with Crippen molar-refractivity contribution in [3.8, 4) is 5.75 Å². The van der Waals surface area contributed by atoms with Gasteiger partial charge in [-0.05, 0) is 43.4 Å². The fraction of sp³-hybridized carbons (Fsp3) is 0.562. The van der Waals surface area contributed by atoms with Gasteiger partial charge in [0.2, 0.25) is 5.91 Å². The molecule has 1 aromatic carbocycles. The molecule has 1 heterocycles. The number of alkyl halides is 1. The Balaban J connectivity index is 1.63. The Hall–Kier alpha value is -1.22. The molecule has 4 heteroatoms. The van der Waals surface area contributed by atoms with E-state index < -0.39 is 0 Å². The highest BCUT2D eigenvalue weighted by Gasteiger charge is 2.27.